The molecular weight excluding hydrogens is 258 g/mol. The number of hydrogen-bond donors (Lipinski definition) is 1. The Kier molecular flexibility index (Phi) is 4.91. The Hall–Kier alpha value is -1.89. The largest absolute Gasteiger partial charge is 0.298 e. The normalized spacial score (nSPS) is 11.8. The van der Waals surface area contributed by atoms with Crippen molar-refractivity contribution in [3.63, 3.8) is 0 Å². The molecule has 1 aromatic heterocycles. The molecule has 0 aliphatic heterocycles. The fourth-order valence-corrected chi connectivity index (χ4v) is 2.05. The van der Waals surface area contributed by atoms with Crippen molar-refractivity contribution in [1.29, 1.82) is 5.26 Å². The van der Waals surface area contributed by atoms with Crippen molar-refractivity contribution in [1.82, 2.24) is 10.3 Å². The van der Waals surface area contributed by atoms with E-state index in [9.17, 15) is 0 Å². The topological polar surface area (TPSA) is 48.7 Å². The molecule has 0 aliphatic rings. The Morgan fingerprint density at radius 3 is 2.89 bits per heavy atom. The number of rotatable bonds is 5. The molecule has 1 heterocycles. The van der Waals surface area contributed by atoms with Crippen molar-refractivity contribution in [3.05, 3.63) is 64.9 Å². The molecule has 2 rings (SSSR count). The number of aromatic nitrogens is 1. The molecule has 0 radical (unpaired) electrons. The molecule has 0 saturated heterocycles. The van der Waals surface area contributed by atoms with Crippen molar-refractivity contribution < 1.29 is 0 Å². The molecule has 0 amide bonds. The quantitative estimate of drug-likeness (QED) is 0.909. The van der Waals surface area contributed by atoms with Crippen LogP contribution in [-0.4, -0.2) is 11.5 Å². The molecule has 1 atom stereocenters. The van der Waals surface area contributed by atoms with E-state index < -0.39 is 0 Å². The lowest BCUT2D eigenvalue weighted by Gasteiger charge is -2.11. The van der Waals surface area contributed by atoms with Crippen LogP contribution in [0.3, 0.4) is 0 Å². The number of halogens is 1. The summed E-state index contributed by atoms with van der Waals surface area (Å²) >= 11 is 5.93. The van der Waals surface area contributed by atoms with Crippen molar-refractivity contribution >= 4 is 11.6 Å². The number of nitriles is 1. The zero-order valence-electron chi connectivity index (χ0n) is 10.4. The van der Waals surface area contributed by atoms with Gasteiger partial charge in [0.25, 0.3) is 0 Å². The molecule has 96 valence electrons. The maximum absolute atomic E-state index is 9.16. The Morgan fingerprint density at radius 1 is 1.32 bits per heavy atom. The summed E-state index contributed by atoms with van der Waals surface area (Å²) in [5, 5.41) is 13.1. The van der Waals surface area contributed by atoms with Gasteiger partial charge in [-0.25, -0.2) is 0 Å². The van der Waals surface area contributed by atoms with E-state index in [1.165, 1.54) is 0 Å². The van der Waals surface area contributed by atoms with E-state index in [1.54, 1.807) is 12.4 Å². The molecule has 0 fully saturated rings. The minimum absolute atomic E-state index is 0.326. The van der Waals surface area contributed by atoms with E-state index in [4.69, 9.17) is 16.9 Å². The van der Waals surface area contributed by atoms with Gasteiger partial charge in [0.1, 0.15) is 6.04 Å². The summed E-state index contributed by atoms with van der Waals surface area (Å²) < 4.78 is 0. The van der Waals surface area contributed by atoms with Gasteiger partial charge in [-0.1, -0.05) is 29.8 Å². The molecule has 3 nitrogen and oxygen atoms in total. The summed E-state index contributed by atoms with van der Waals surface area (Å²) in [5.41, 5.74) is 2.04. The average Bonchev–Trinajstić information content (AvgIpc) is 2.45. The summed E-state index contributed by atoms with van der Waals surface area (Å²) in [6, 6.07) is 13.4. The first-order chi connectivity index (χ1) is 9.29. The summed E-state index contributed by atoms with van der Waals surface area (Å²) in [4.78, 5) is 4.02. The van der Waals surface area contributed by atoms with Gasteiger partial charge in [0.2, 0.25) is 0 Å². The van der Waals surface area contributed by atoms with Crippen molar-refractivity contribution in [3.8, 4) is 6.07 Å². The smallest absolute Gasteiger partial charge is 0.122 e. The SMILES string of the molecule is N#CC(NCCc1cccc(Cl)c1)c1cccnc1. The maximum atomic E-state index is 9.16. The first kappa shape index (κ1) is 13.5. The first-order valence-electron chi connectivity index (χ1n) is 6.07. The van der Waals surface area contributed by atoms with Gasteiger partial charge >= 0.3 is 0 Å². The molecule has 1 aromatic carbocycles. The molecule has 0 spiro atoms. The highest BCUT2D eigenvalue weighted by atomic mass is 35.5. The number of hydrogen-bond acceptors (Lipinski definition) is 3. The van der Waals surface area contributed by atoms with E-state index in [0.29, 0.717) is 6.54 Å². The fourth-order valence-electron chi connectivity index (χ4n) is 1.84. The van der Waals surface area contributed by atoms with Gasteiger partial charge in [-0.3, -0.25) is 10.3 Å². The van der Waals surface area contributed by atoms with Gasteiger partial charge in [0, 0.05) is 29.5 Å². The monoisotopic (exact) mass is 271 g/mol. The van der Waals surface area contributed by atoms with Crippen LogP contribution in [0.1, 0.15) is 17.2 Å². The minimum Gasteiger partial charge on any atom is -0.298 e. The first-order valence-corrected chi connectivity index (χ1v) is 6.45. The lowest BCUT2D eigenvalue weighted by molar-refractivity contribution is 0.628. The minimum atomic E-state index is -0.326. The molecule has 0 bridgehead atoms. The molecule has 0 aliphatic carbocycles. The van der Waals surface area contributed by atoms with Crippen LogP contribution in [0.2, 0.25) is 5.02 Å². The lowest BCUT2D eigenvalue weighted by atomic mass is 10.1. The molecule has 2 aromatic rings. The van der Waals surface area contributed by atoms with Gasteiger partial charge in [-0.2, -0.15) is 5.26 Å². The predicted molar refractivity (Wildman–Crippen MR) is 75.7 cm³/mol. The van der Waals surface area contributed by atoms with Crippen molar-refractivity contribution in [2.45, 2.75) is 12.5 Å². The standard InChI is InChI=1S/C15H14ClN3/c16-14-5-1-3-12(9-14)6-8-19-15(10-17)13-4-2-7-18-11-13/h1-5,7,9,11,15,19H,6,8H2. The van der Waals surface area contributed by atoms with Gasteiger partial charge in [0.05, 0.1) is 6.07 Å². The van der Waals surface area contributed by atoms with Crippen LogP contribution in [0.25, 0.3) is 0 Å². The molecule has 1 N–H and O–H groups in total. The Balaban J connectivity index is 1.90. The van der Waals surface area contributed by atoms with E-state index in [0.717, 1.165) is 22.6 Å². The lowest BCUT2D eigenvalue weighted by Crippen LogP contribution is -2.22. The Bertz CT molecular complexity index is 563. The third kappa shape index (κ3) is 4.06. The van der Waals surface area contributed by atoms with Crippen LogP contribution >= 0.6 is 11.6 Å². The zero-order valence-corrected chi connectivity index (χ0v) is 11.1. The van der Waals surface area contributed by atoms with Crippen molar-refractivity contribution in [2.75, 3.05) is 6.54 Å². The van der Waals surface area contributed by atoms with Crippen molar-refractivity contribution in [2.24, 2.45) is 0 Å². The summed E-state index contributed by atoms with van der Waals surface area (Å²) in [6.45, 7) is 0.716. The highest BCUT2D eigenvalue weighted by Gasteiger charge is 2.08. The highest BCUT2D eigenvalue weighted by molar-refractivity contribution is 6.30. The predicted octanol–water partition coefficient (Wildman–Crippen LogP) is 3.13. The van der Waals surface area contributed by atoms with Gasteiger partial charge in [-0.05, 0) is 30.2 Å². The second-order valence-electron chi connectivity index (χ2n) is 4.18. The van der Waals surface area contributed by atoms with Gasteiger partial charge in [-0.15, -0.1) is 0 Å². The third-order valence-corrected chi connectivity index (χ3v) is 3.03. The van der Waals surface area contributed by atoms with Crippen LogP contribution in [0, 0.1) is 11.3 Å². The maximum Gasteiger partial charge on any atom is 0.122 e. The molecule has 0 saturated carbocycles. The number of nitrogens with zero attached hydrogens (tertiary/aromatic N) is 2. The molecule has 19 heavy (non-hydrogen) atoms. The van der Waals surface area contributed by atoms with Crippen LogP contribution in [0.15, 0.2) is 48.8 Å². The summed E-state index contributed by atoms with van der Waals surface area (Å²) in [6.07, 6.45) is 4.24. The number of benzene rings is 1. The summed E-state index contributed by atoms with van der Waals surface area (Å²) in [5.74, 6) is 0. The van der Waals surface area contributed by atoms with Crippen LogP contribution in [0.4, 0.5) is 0 Å². The van der Waals surface area contributed by atoms with E-state index in [2.05, 4.69) is 16.4 Å². The molecule has 1 unspecified atom stereocenters. The Labute approximate surface area is 117 Å². The van der Waals surface area contributed by atoms with Crippen LogP contribution in [0.5, 0.6) is 0 Å². The van der Waals surface area contributed by atoms with Gasteiger partial charge in [0.15, 0.2) is 0 Å². The second-order valence-corrected chi connectivity index (χ2v) is 4.62. The molecule has 4 heteroatoms. The van der Waals surface area contributed by atoms with E-state index in [1.807, 2.05) is 36.4 Å². The van der Waals surface area contributed by atoms with Gasteiger partial charge < -0.3 is 0 Å². The molecular formula is C15H14ClN3. The van der Waals surface area contributed by atoms with E-state index in [-0.39, 0.29) is 6.04 Å². The Morgan fingerprint density at radius 2 is 2.21 bits per heavy atom. The summed E-state index contributed by atoms with van der Waals surface area (Å²) in [7, 11) is 0. The number of pyridine rings is 1. The third-order valence-electron chi connectivity index (χ3n) is 2.80. The van der Waals surface area contributed by atoms with Crippen LogP contribution in [-0.2, 0) is 6.42 Å². The average molecular weight is 272 g/mol. The van der Waals surface area contributed by atoms with Crippen LogP contribution < -0.4 is 5.32 Å². The highest BCUT2D eigenvalue weighted by Crippen LogP contribution is 2.12. The van der Waals surface area contributed by atoms with E-state index >= 15 is 0 Å². The number of nitrogens with one attached hydrogen (secondary N) is 1. The second kappa shape index (κ2) is 6.89. The zero-order chi connectivity index (χ0) is 13.5. The fraction of sp³-hybridized carbons (Fsp3) is 0.200.